The first-order valence-electron chi connectivity index (χ1n) is 14.2. The molecule has 3 aromatic carbocycles. The number of carbonyl (C=O) groups excluding carboxylic acids is 1. The van der Waals surface area contributed by atoms with Crippen LogP contribution in [0.15, 0.2) is 65.6 Å². The molecule has 0 aliphatic carbocycles. The second-order valence-corrected chi connectivity index (χ2v) is 12.4. The molecule has 8 nitrogen and oxygen atoms in total. The Morgan fingerprint density at radius 1 is 0.878 bits per heavy atom. The topological polar surface area (TPSA) is 85.4 Å². The van der Waals surface area contributed by atoms with Gasteiger partial charge in [-0.25, -0.2) is 8.42 Å². The number of sulfonamides is 1. The first kappa shape index (κ1) is 29.0. The number of hydrogen-bond donors (Lipinski definition) is 0. The lowest BCUT2D eigenvalue weighted by atomic mass is 9.91. The van der Waals surface area contributed by atoms with Crippen LogP contribution in [0.1, 0.15) is 59.3 Å². The van der Waals surface area contributed by atoms with Gasteiger partial charge in [0.05, 0.1) is 25.2 Å². The van der Waals surface area contributed by atoms with E-state index in [0.29, 0.717) is 43.1 Å². The van der Waals surface area contributed by atoms with E-state index in [1.807, 2.05) is 41.3 Å². The molecular weight excluding hydrogens is 540 g/mol. The van der Waals surface area contributed by atoms with Crippen LogP contribution in [0, 0.1) is 0 Å². The molecule has 5 rings (SSSR count). The number of benzene rings is 3. The van der Waals surface area contributed by atoms with E-state index in [9.17, 15) is 13.2 Å². The van der Waals surface area contributed by atoms with Gasteiger partial charge in [-0.15, -0.1) is 0 Å². The highest BCUT2D eigenvalue weighted by Crippen LogP contribution is 2.39. The van der Waals surface area contributed by atoms with Gasteiger partial charge in [-0.05, 0) is 90.9 Å². The van der Waals surface area contributed by atoms with Gasteiger partial charge in [0.1, 0.15) is 12.4 Å². The van der Waals surface area contributed by atoms with Crippen molar-refractivity contribution < 1.29 is 27.4 Å². The summed E-state index contributed by atoms with van der Waals surface area (Å²) in [4.78, 5) is 15.9. The van der Waals surface area contributed by atoms with Crippen LogP contribution in [0.3, 0.4) is 0 Å². The lowest BCUT2D eigenvalue weighted by Gasteiger charge is -2.37. The molecule has 2 aliphatic heterocycles. The summed E-state index contributed by atoms with van der Waals surface area (Å²) in [6.07, 6.45) is 4.37. The molecule has 0 radical (unpaired) electrons. The lowest BCUT2D eigenvalue weighted by Crippen LogP contribution is -2.42. The zero-order chi connectivity index (χ0) is 29.0. The van der Waals surface area contributed by atoms with E-state index in [-0.39, 0.29) is 23.5 Å². The average Bonchev–Trinajstić information content (AvgIpc) is 3.03. The van der Waals surface area contributed by atoms with Gasteiger partial charge in [-0.2, -0.15) is 4.31 Å². The minimum atomic E-state index is -3.58. The molecule has 1 atom stereocenters. The molecule has 1 fully saturated rings. The van der Waals surface area contributed by atoms with Crippen molar-refractivity contribution in [1.29, 1.82) is 0 Å². The summed E-state index contributed by atoms with van der Waals surface area (Å²) in [7, 11) is -0.373. The van der Waals surface area contributed by atoms with Crippen LogP contribution in [-0.4, -0.2) is 64.0 Å². The fourth-order valence-corrected chi connectivity index (χ4v) is 7.15. The number of rotatable bonds is 9. The first-order chi connectivity index (χ1) is 19.8. The fourth-order valence-electron chi connectivity index (χ4n) is 5.64. The van der Waals surface area contributed by atoms with Crippen molar-refractivity contribution in [1.82, 2.24) is 9.21 Å². The van der Waals surface area contributed by atoms with Crippen molar-refractivity contribution in [2.45, 2.75) is 50.0 Å². The molecule has 0 bridgehead atoms. The van der Waals surface area contributed by atoms with Crippen LogP contribution in [0.25, 0.3) is 0 Å². The molecular formula is C32H38N2O6S. The van der Waals surface area contributed by atoms with Gasteiger partial charge in [-0.3, -0.25) is 4.79 Å². The van der Waals surface area contributed by atoms with E-state index < -0.39 is 10.0 Å². The van der Waals surface area contributed by atoms with Gasteiger partial charge in [0.15, 0.2) is 11.5 Å². The van der Waals surface area contributed by atoms with E-state index in [2.05, 4.69) is 6.92 Å². The Morgan fingerprint density at radius 2 is 1.54 bits per heavy atom. The van der Waals surface area contributed by atoms with Gasteiger partial charge < -0.3 is 19.1 Å². The van der Waals surface area contributed by atoms with Crippen molar-refractivity contribution in [2.24, 2.45) is 0 Å². The number of carbonyl (C=O) groups is 1. The molecule has 41 heavy (non-hydrogen) atoms. The summed E-state index contributed by atoms with van der Waals surface area (Å²) in [6.45, 7) is 3.91. The fraction of sp³-hybridized carbons (Fsp3) is 0.406. The molecule has 0 aromatic heterocycles. The smallest absolute Gasteiger partial charge is 0.254 e. The average molecular weight is 579 g/mol. The molecule has 2 aliphatic rings. The molecule has 1 saturated heterocycles. The van der Waals surface area contributed by atoms with Crippen LogP contribution in [0.2, 0.25) is 0 Å². The van der Waals surface area contributed by atoms with Crippen LogP contribution in [-0.2, 0) is 22.9 Å². The van der Waals surface area contributed by atoms with Gasteiger partial charge in [0.25, 0.3) is 5.91 Å². The maximum atomic E-state index is 13.9. The largest absolute Gasteiger partial charge is 0.493 e. The number of aryl methyl sites for hydroxylation is 1. The zero-order valence-corrected chi connectivity index (χ0v) is 24.8. The van der Waals surface area contributed by atoms with Gasteiger partial charge in [-0.1, -0.05) is 25.5 Å². The van der Waals surface area contributed by atoms with E-state index in [1.165, 1.54) is 9.87 Å². The molecule has 9 heteroatoms. The maximum Gasteiger partial charge on any atom is 0.254 e. The van der Waals surface area contributed by atoms with E-state index in [0.717, 1.165) is 42.6 Å². The minimum Gasteiger partial charge on any atom is -0.493 e. The summed E-state index contributed by atoms with van der Waals surface area (Å²) in [5, 5.41) is 0. The first-order valence-corrected chi connectivity index (χ1v) is 15.7. The third kappa shape index (κ3) is 6.06. The number of methoxy groups -OCH3 is 2. The molecule has 2 heterocycles. The number of hydrogen-bond acceptors (Lipinski definition) is 6. The summed E-state index contributed by atoms with van der Waals surface area (Å²) in [5.41, 5.74) is 3.67. The number of ether oxygens (including phenoxy) is 3. The second-order valence-electron chi connectivity index (χ2n) is 10.5. The number of piperidine rings is 1. The number of amides is 1. The van der Waals surface area contributed by atoms with E-state index in [4.69, 9.17) is 14.2 Å². The number of nitrogens with zero attached hydrogens (tertiary/aromatic N) is 2. The Balaban J connectivity index is 1.43. The summed E-state index contributed by atoms with van der Waals surface area (Å²) < 4.78 is 45.1. The van der Waals surface area contributed by atoms with E-state index in [1.54, 1.807) is 38.5 Å². The summed E-state index contributed by atoms with van der Waals surface area (Å²) >= 11 is 0. The second kappa shape index (κ2) is 12.5. The molecule has 1 amide bonds. The standard InChI is InChI=1S/C32H38N2O6S/c1-4-23-8-12-26(13-9-23)40-22-29-28-21-31(39-3)30(38-2)20-25(28)16-19-34(29)32(35)24-10-14-27(15-11-24)41(36,37)33-17-6-5-7-18-33/h8-15,20-21,29H,4-7,16-19,22H2,1-3H3. The molecule has 0 spiro atoms. The van der Waals surface area contributed by atoms with Crippen LogP contribution in [0.5, 0.6) is 17.2 Å². The minimum absolute atomic E-state index is 0.178. The van der Waals surface area contributed by atoms with Gasteiger partial charge in [0, 0.05) is 25.2 Å². The monoisotopic (exact) mass is 578 g/mol. The van der Waals surface area contributed by atoms with Crippen molar-refractivity contribution in [3.63, 3.8) is 0 Å². The van der Waals surface area contributed by atoms with Crippen molar-refractivity contribution >= 4 is 15.9 Å². The summed E-state index contributed by atoms with van der Waals surface area (Å²) in [5.74, 6) is 1.79. The zero-order valence-electron chi connectivity index (χ0n) is 24.0. The Kier molecular flexibility index (Phi) is 8.85. The Morgan fingerprint density at radius 3 is 2.17 bits per heavy atom. The molecule has 0 saturated carbocycles. The highest BCUT2D eigenvalue weighted by molar-refractivity contribution is 7.89. The SMILES string of the molecule is CCc1ccc(OCC2c3cc(OC)c(OC)cc3CCN2C(=O)c2ccc(S(=O)(=O)N3CCCCC3)cc2)cc1. The summed E-state index contributed by atoms with van der Waals surface area (Å²) in [6, 6.07) is 17.8. The predicted molar refractivity (Wildman–Crippen MR) is 157 cm³/mol. The third-order valence-corrected chi connectivity index (χ3v) is 9.97. The van der Waals surface area contributed by atoms with Crippen molar-refractivity contribution in [3.05, 3.63) is 82.9 Å². The normalized spacial score (nSPS) is 17.5. The molecule has 1 unspecified atom stereocenters. The van der Waals surface area contributed by atoms with Gasteiger partial charge in [0.2, 0.25) is 10.0 Å². The Labute approximate surface area is 242 Å². The Bertz CT molecular complexity index is 1470. The third-order valence-electron chi connectivity index (χ3n) is 8.06. The highest BCUT2D eigenvalue weighted by atomic mass is 32.2. The highest BCUT2D eigenvalue weighted by Gasteiger charge is 2.34. The maximum absolute atomic E-state index is 13.9. The predicted octanol–water partition coefficient (Wildman–Crippen LogP) is 5.26. The van der Waals surface area contributed by atoms with Crippen LogP contribution >= 0.6 is 0 Å². The van der Waals surface area contributed by atoms with Crippen molar-refractivity contribution in [3.8, 4) is 17.2 Å². The number of fused-ring (bicyclic) bond motifs is 1. The lowest BCUT2D eigenvalue weighted by molar-refractivity contribution is 0.0589. The quantitative estimate of drug-likeness (QED) is 0.345. The van der Waals surface area contributed by atoms with Crippen molar-refractivity contribution in [2.75, 3.05) is 40.5 Å². The van der Waals surface area contributed by atoms with Crippen LogP contribution in [0.4, 0.5) is 0 Å². The molecule has 218 valence electrons. The van der Waals surface area contributed by atoms with Gasteiger partial charge >= 0.3 is 0 Å². The van der Waals surface area contributed by atoms with E-state index >= 15 is 0 Å². The molecule has 3 aromatic rings. The molecule has 0 N–H and O–H groups in total. The van der Waals surface area contributed by atoms with Crippen LogP contribution < -0.4 is 14.2 Å². The Hall–Kier alpha value is -3.56.